The van der Waals surface area contributed by atoms with Crippen LogP contribution >= 0.6 is 22.7 Å². The number of hydrogen-bond donors (Lipinski definition) is 1. The Bertz CT molecular complexity index is 1910. The molecule has 2 heterocycles. The summed E-state index contributed by atoms with van der Waals surface area (Å²) in [7, 11) is 0. The molecule has 224 valence electrons. The monoisotopic (exact) mass is 639 g/mol. The summed E-state index contributed by atoms with van der Waals surface area (Å²) < 4.78 is 92.7. The number of halogens is 6. The molecule has 0 saturated heterocycles. The molecular weight excluding hydrogens is 617 g/mol. The van der Waals surface area contributed by atoms with Gasteiger partial charge in [-0.2, -0.15) is 26.3 Å². The number of thiophene rings is 2. The highest BCUT2D eigenvalue weighted by molar-refractivity contribution is 7.16. The maximum atomic E-state index is 15.7. The minimum absolute atomic E-state index is 0.134. The summed E-state index contributed by atoms with van der Waals surface area (Å²) in [6, 6.07) is 26.2. The van der Waals surface area contributed by atoms with E-state index < -0.39 is 40.4 Å². The fourth-order valence-corrected chi connectivity index (χ4v) is 7.48. The van der Waals surface area contributed by atoms with Crippen molar-refractivity contribution in [3.8, 4) is 20.9 Å². The largest absolute Gasteiger partial charge is 0.380 e. The van der Waals surface area contributed by atoms with E-state index in [2.05, 4.69) is 5.32 Å². The van der Waals surface area contributed by atoms with Crippen LogP contribution in [0, 0.1) is 13.8 Å². The van der Waals surface area contributed by atoms with Crippen LogP contribution < -0.4 is 5.32 Å². The molecule has 0 atom stereocenters. The van der Waals surface area contributed by atoms with Gasteiger partial charge in [0, 0.05) is 47.5 Å². The van der Waals surface area contributed by atoms with E-state index in [0.717, 1.165) is 22.7 Å². The van der Waals surface area contributed by atoms with Gasteiger partial charge in [-0.25, -0.2) is 0 Å². The number of nitrogens with one attached hydrogen (secondary N) is 1. The summed E-state index contributed by atoms with van der Waals surface area (Å²) in [4.78, 5) is 14.3. The minimum atomic E-state index is -5.67. The molecule has 5 aromatic rings. The van der Waals surface area contributed by atoms with Gasteiger partial charge in [-0.1, -0.05) is 66.7 Å². The Morgan fingerprint density at radius 1 is 0.614 bits per heavy atom. The highest BCUT2D eigenvalue weighted by Gasteiger charge is 2.80. The highest BCUT2D eigenvalue weighted by Crippen LogP contribution is 2.66. The normalized spacial score (nSPS) is 16.7. The highest BCUT2D eigenvalue weighted by atomic mass is 32.1. The predicted molar refractivity (Wildman–Crippen MR) is 165 cm³/mol. The Hall–Kier alpha value is -4.15. The van der Waals surface area contributed by atoms with Crippen LogP contribution in [0.3, 0.4) is 0 Å². The van der Waals surface area contributed by atoms with Gasteiger partial charge in [0.1, 0.15) is 0 Å². The summed E-state index contributed by atoms with van der Waals surface area (Å²) in [6.07, 6.45) is 0. The molecule has 1 N–H and O–H groups in total. The summed E-state index contributed by atoms with van der Waals surface area (Å²) in [5, 5.41) is 2.77. The smallest absolute Gasteiger partial charge is 0.322 e. The average Bonchev–Trinajstić information content (AvgIpc) is 3.60. The molecule has 0 radical (unpaired) electrons. The number of aryl methyl sites for hydroxylation is 2. The molecule has 0 saturated carbocycles. The third-order valence-corrected chi connectivity index (χ3v) is 9.75. The van der Waals surface area contributed by atoms with Gasteiger partial charge in [0.2, 0.25) is 0 Å². The number of benzene rings is 3. The van der Waals surface area contributed by atoms with Crippen LogP contribution in [0.5, 0.6) is 0 Å². The van der Waals surface area contributed by atoms with E-state index in [1.54, 1.807) is 84.9 Å². The maximum Gasteiger partial charge on any atom is 0.380 e. The lowest BCUT2D eigenvalue weighted by Crippen LogP contribution is -2.48. The second-order valence-corrected chi connectivity index (χ2v) is 12.9. The van der Waals surface area contributed by atoms with Crippen molar-refractivity contribution in [3.63, 3.8) is 0 Å². The zero-order chi connectivity index (χ0) is 31.4. The van der Waals surface area contributed by atoms with Crippen molar-refractivity contribution in [1.29, 1.82) is 0 Å². The van der Waals surface area contributed by atoms with E-state index in [1.165, 1.54) is 26.0 Å². The van der Waals surface area contributed by atoms with Crippen molar-refractivity contribution in [2.45, 2.75) is 31.6 Å². The molecule has 0 aliphatic heterocycles. The van der Waals surface area contributed by atoms with Gasteiger partial charge in [0.05, 0.1) is 0 Å². The number of rotatable bonds is 6. The molecule has 1 aliphatic carbocycles. The lowest BCUT2D eigenvalue weighted by atomic mass is 9.94. The molecule has 0 fully saturated rings. The fraction of sp³-hybridized carbons (Fsp3) is 0.147. The zero-order valence-electron chi connectivity index (χ0n) is 23.2. The van der Waals surface area contributed by atoms with Crippen molar-refractivity contribution in [1.82, 2.24) is 0 Å². The van der Waals surface area contributed by atoms with E-state index in [4.69, 9.17) is 0 Å². The second kappa shape index (κ2) is 10.8. The van der Waals surface area contributed by atoms with E-state index in [9.17, 15) is 4.79 Å². The summed E-state index contributed by atoms with van der Waals surface area (Å²) in [5.74, 6) is -16.5. The number of hydrogen-bond acceptors (Lipinski definition) is 3. The van der Waals surface area contributed by atoms with Crippen molar-refractivity contribution >= 4 is 45.4 Å². The quantitative estimate of drug-likeness (QED) is 0.184. The first-order chi connectivity index (χ1) is 20.8. The number of carbonyl (C=O) groups is 1. The van der Waals surface area contributed by atoms with Crippen molar-refractivity contribution in [3.05, 3.63) is 124 Å². The summed E-state index contributed by atoms with van der Waals surface area (Å²) in [5.41, 5.74) is -1.82. The van der Waals surface area contributed by atoms with Crippen molar-refractivity contribution < 1.29 is 31.1 Å². The summed E-state index contributed by atoms with van der Waals surface area (Å²) in [6.45, 7) is 2.87. The minimum Gasteiger partial charge on any atom is -0.322 e. The van der Waals surface area contributed by atoms with Crippen LogP contribution in [0.25, 0.3) is 32.0 Å². The van der Waals surface area contributed by atoms with Gasteiger partial charge in [0.15, 0.2) is 0 Å². The molecule has 1 aliphatic rings. The predicted octanol–water partition coefficient (Wildman–Crippen LogP) is 10.8. The van der Waals surface area contributed by atoms with Crippen LogP contribution in [0.15, 0.2) is 97.1 Å². The Morgan fingerprint density at radius 3 is 1.68 bits per heavy atom. The van der Waals surface area contributed by atoms with Gasteiger partial charge in [-0.05, 0) is 60.9 Å². The Kier molecular flexibility index (Phi) is 7.33. The van der Waals surface area contributed by atoms with Crippen molar-refractivity contribution in [2.75, 3.05) is 5.32 Å². The van der Waals surface area contributed by atoms with E-state index >= 15 is 26.3 Å². The molecule has 1 amide bonds. The number of carbonyl (C=O) groups excluding carboxylic acids is 1. The number of para-hydroxylation sites is 1. The standard InChI is InChI=1S/C34H23F6NOS2/c1-19-25(17-27(43-19)21-11-5-3-6-12-21)29-30(33(37,38)34(39,40)32(29,35)36)26-18-28(44-20(26)2)23-15-9-10-16-24(23)31(42)41-22-13-7-4-8-14-22/h3-18H,1-2H3,(H,41,42). The fourth-order valence-electron chi connectivity index (χ4n) is 5.39. The molecule has 6 rings (SSSR count). The molecule has 10 heteroatoms. The van der Waals surface area contributed by atoms with Crippen LogP contribution in [0.2, 0.25) is 0 Å². The first-order valence-corrected chi connectivity index (χ1v) is 15.1. The molecule has 0 unspecified atom stereocenters. The molecule has 2 aromatic heterocycles. The second-order valence-electron chi connectivity index (χ2n) is 10.4. The Morgan fingerprint density at radius 2 is 1.09 bits per heavy atom. The lowest BCUT2D eigenvalue weighted by Gasteiger charge is -2.25. The van der Waals surface area contributed by atoms with Crippen LogP contribution in [0.1, 0.15) is 31.2 Å². The molecular formula is C34H23F6NOS2. The van der Waals surface area contributed by atoms with Gasteiger partial charge in [-0.3, -0.25) is 4.79 Å². The van der Waals surface area contributed by atoms with Crippen LogP contribution in [-0.4, -0.2) is 23.7 Å². The van der Waals surface area contributed by atoms with Crippen LogP contribution in [0.4, 0.5) is 32.0 Å². The van der Waals surface area contributed by atoms with Gasteiger partial charge in [0.25, 0.3) is 5.91 Å². The molecule has 0 bridgehead atoms. The number of alkyl halides is 6. The Balaban J connectivity index is 1.52. The van der Waals surface area contributed by atoms with Gasteiger partial charge < -0.3 is 5.32 Å². The third kappa shape index (κ3) is 4.68. The SMILES string of the molecule is Cc1sc(-c2ccccc2)cc1C1=C(c2cc(-c3ccccc3C(=O)Nc3ccccc3)sc2C)C(F)(F)C(F)(F)C1(F)F. The molecule has 0 spiro atoms. The molecule has 3 aromatic carbocycles. The first kappa shape index (κ1) is 29.9. The number of anilines is 1. The average molecular weight is 640 g/mol. The topological polar surface area (TPSA) is 29.1 Å². The summed E-state index contributed by atoms with van der Waals surface area (Å²) >= 11 is 2.03. The Labute approximate surface area is 257 Å². The zero-order valence-corrected chi connectivity index (χ0v) is 24.9. The van der Waals surface area contributed by atoms with Crippen LogP contribution in [-0.2, 0) is 0 Å². The lowest BCUT2D eigenvalue weighted by molar-refractivity contribution is -0.254. The van der Waals surface area contributed by atoms with Gasteiger partial charge in [-0.15, -0.1) is 22.7 Å². The third-order valence-electron chi connectivity index (χ3n) is 7.57. The van der Waals surface area contributed by atoms with Crippen molar-refractivity contribution in [2.24, 2.45) is 0 Å². The van der Waals surface area contributed by atoms with E-state index in [-0.39, 0.29) is 20.9 Å². The first-order valence-electron chi connectivity index (χ1n) is 13.5. The van der Waals surface area contributed by atoms with Gasteiger partial charge >= 0.3 is 17.8 Å². The molecule has 2 nitrogen and oxygen atoms in total. The van der Waals surface area contributed by atoms with E-state index in [1.807, 2.05) is 0 Å². The number of allylic oxidation sites excluding steroid dienone is 2. The maximum absolute atomic E-state index is 15.7. The molecule has 44 heavy (non-hydrogen) atoms. The number of amides is 1. The van der Waals surface area contributed by atoms with E-state index in [0.29, 0.717) is 26.6 Å².